The molecule has 1 aromatic carbocycles. The second kappa shape index (κ2) is 7.26. The first-order valence-corrected chi connectivity index (χ1v) is 6.60. The molecule has 0 spiro atoms. The van der Waals surface area contributed by atoms with Crippen molar-refractivity contribution in [2.45, 2.75) is 13.0 Å². The molecule has 0 aromatic heterocycles. The number of carbonyl (C=O) groups excluding carboxylic acids is 1. The zero-order valence-electron chi connectivity index (χ0n) is 11.8. The van der Waals surface area contributed by atoms with Crippen LogP contribution in [0.5, 0.6) is 0 Å². The number of likely N-dealkylation sites (N-methyl/N-ethyl adjacent to an activating group) is 2. The Morgan fingerprint density at radius 3 is 2.25 bits per heavy atom. The fourth-order valence-electron chi connectivity index (χ4n) is 1.81. The second-order valence-electron chi connectivity index (χ2n) is 4.80. The van der Waals surface area contributed by atoms with Gasteiger partial charge in [0, 0.05) is 12.1 Å². The van der Waals surface area contributed by atoms with Crippen molar-refractivity contribution in [1.29, 1.82) is 0 Å². The van der Waals surface area contributed by atoms with Crippen molar-refractivity contribution in [2.75, 3.05) is 27.2 Å². The molecule has 0 heterocycles. The van der Waals surface area contributed by atoms with E-state index in [9.17, 15) is 9.59 Å². The van der Waals surface area contributed by atoms with Crippen LogP contribution in [0, 0.1) is 0 Å². The summed E-state index contributed by atoms with van der Waals surface area (Å²) in [7, 11) is 3.31. The average molecular weight is 299 g/mol. The highest BCUT2D eigenvalue weighted by Gasteiger charge is 2.19. The number of carbonyl (C=O) groups is 2. The van der Waals surface area contributed by atoms with Crippen LogP contribution in [-0.4, -0.2) is 54.0 Å². The number of carboxylic acid groups (broad SMARTS) is 1. The molecule has 20 heavy (non-hydrogen) atoms. The van der Waals surface area contributed by atoms with Crippen molar-refractivity contribution < 1.29 is 14.7 Å². The van der Waals surface area contributed by atoms with Crippen LogP contribution in [0.3, 0.4) is 0 Å². The predicted octanol–water partition coefficient (Wildman–Crippen LogP) is 1.88. The van der Waals surface area contributed by atoms with Crippen LogP contribution in [-0.2, 0) is 9.59 Å². The maximum Gasteiger partial charge on any atom is 0.317 e. The van der Waals surface area contributed by atoms with Crippen molar-refractivity contribution in [3.8, 4) is 0 Å². The van der Waals surface area contributed by atoms with Crippen LogP contribution >= 0.6 is 11.6 Å². The molecule has 1 N–H and O–H groups in total. The van der Waals surface area contributed by atoms with Gasteiger partial charge in [0.15, 0.2) is 0 Å². The van der Waals surface area contributed by atoms with Gasteiger partial charge < -0.3 is 10.0 Å². The van der Waals surface area contributed by atoms with Crippen molar-refractivity contribution in [3.63, 3.8) is 0 Å². The number of amides is 1. The molecule has 0 aliphatic rings. The molecular weight excluding hydrogens is 280 g/mol. The lowest BCUT2D eigenvalue weighted by molar-refractivity contribution is -0.139. The Bertz CT molecular complexity index is 476. The number of benzene rings is 1. The number of hydrogen-bond donors (Lipinski definition) is 1. The normalized spacial score (nSPS) is 12.2. The van der Waals surface area contributed by atoms with Crippen LogP contribution in [0.2, 0.25) is 5.02 Å². The average Bonchev–Trinajstić information content (AvgIpc) is 2.36. The predicted molar refractivity (Wildman–Crippen MR) is 77.8 cm³/mol. The van der Waals surface area contributed by atoms with Gasteiger partial charge in [0.05, 0.1) is 19.1 Å². The van der Waals surface area contributed by atoms with Gasteiger partial charge in [-0.05, 0) is 31.7 Å². The van der Waals surface area contributed by atoms with E-state index in [1.165, 1.54) is 4.90 Å². The number of halogens is 1. The molecule has 1 aromatic rings. The van der Waals surface area contributed by atoms with Gasteiger partial charge in [0.1, 0.15) is 0 Å². The summed E-state index contributed by atoms with van der Waals surface area (Å²) in [5.41, 5.74) is 0.978. The van der Waals surface area contributed by atoms with Crippen LogP contribution in [0.25, 0.3) is 0 Å². The molecule has 0 bridgehead atoms. The van der Waals surface area contributed by atoms with E-state index in [1.807, 2.05) is 19.1 Å². The Morgan fingerprint density at radius 2 is 1.75 bits per heavy atom. The lowest BCUT2D eigenvalue weighted by Crippen LogP contribution is -2.39. The van der Waals surface area contributed by atoms with Gasteiger partial charge in [-0.2, -0.15) is 0 Å². The van der Waals surface area contributed by atoms with E-state index in [4.69, 9.17) is 16.7 Å². The SMILES string of the molecule is CC(c1ccc(Cl)cc1)N(C)C(=O)CN(C)CC(=O)O. The van der Waals surface area contributed by atoms with Gasteiger partial charge in [0.2, 0.25) is 5.91 Å². The topological polar surface area (TPSA) is 60.9 Å². The third kappa shape index (κ3) is 4.83. The molecule has 0 aliphatic heterocycles. The van der Waals surface area contributed by atoms with Gasteiger partial charge in [-0.3, -0.25) is 14.5 Å². The van der Waals surface area contributed by atoms with E-state index >= 15 is 0 Å². The van der Waals surface area contributed by atoms with E-state index in [-0.39, 0.29) is 25.0 Å². The molecule has 6 heteroatoms. The standard InChI is InChI=1S/C14H19ClN2O3/c1-10(11-4-6-12(15)7-5-11)17(3)13(18)8-16(2)9-14(19)20/h4-7,10H,8-9H2,1-3H3,(H,19,20). The van der Waals surface area contributed by atoms with E-state index in [1.54, 1.807) is 31.1 Å². The van der Waals surface area contributed by atoms with Crippen molar-refractivity contribution >= 4 is 23.5 Å². The van der Waals surface area contributed by atoms with E-state index in [0.717, 1.165) is 5.56 Å². The van der Waals surface area contributed by atoms with E-state index in [2.05, 4.69) is 0 Å². The lowest BCUT2D eigenvalue weighted by atomic mass is 10.1. The minimum absolute atomic E-state index is 0.0702. The van der Waals surface area contributed by atoms with Crippen molar-refractivity contribution in [1.82, 2.24) is 9.80 Å². The van der Waals surface area contributed by atoms with Crippen LogP contribution in [0.1, 0.15) is 18.5 Å². The summed E-state index contributed by atoms with van der Waals surface area (Å²) >= 11 is 5.83. The summed E-state index contributed by atoms with van der Waals surface area (Å²) in [6.07, 6.45) is 0. The molecule has 0 saturated heterocycles. The Balaban J connectivity index is 2.64. The molecule has 0 aliphatic carbocycles. The first kappa shape index (κ1) is 16.5. The maximum absolute atomic E-state index is 12.1. The first-order valence-electron chi connectivity index (χ1n) is 6.22. The molecular formula is C14H19ClN2O3. The Morgan fingerprint density at radius 1 is 1.20 bits per heavy atom. The van der Waals surface area contributed by atoms with Crippen molar-refractivity contribution in [2.24, 2.45) is 0 Å². The number of nitrogens with zero attached hydrogens (tertiary/aromatic N) is 2. The van der Waals surface area contributed by atoms with E-state index in [0.29, 0.717) is 5.02 Å². The highest BCUT2D eigenvalue weighted by Crippen LogP contribution is 2.20. The Kier molecular flexibility index (Phi) is 5.98. The molecule has 0 saturated carbocycles. The summed E-state index contributed by atoms with van der Waals surface area (Å²) in [6.45, 7) is 1.83. The first-order chi connectivity index (χ1) is 9.31. The third-order valence-corrected chi connectivity index (χ3v) is 3.39. The summed E-state index contributed by atoms with van der Waals surface area (Å²) in [6, 6.07) is 7.21. The molecule has 1 atom stereocenters. The summed E-state index contributed by atoms with van der Waals surface area (Å²) in [5.74, 6) is -1.08. The molecule has 1 rings (SSSR count). The van der Waals surface area contributed by atoms with E-state index < -0.39 is 5.97 Å². The molecule has 1 amide bonds. The molecule has 1 unspecified atom stereocenters. The number of carboxylic acids is 1. The van der Waals surface area contributed by atoms with Gasteiger partial charge >= 0.3 is 5.97 Å². The molecule has 5 nitrogen and oxygen atoms in total. The molecule has 110 valence electrons. The van der Waals surface area contributed by atoms with Crippen LogP contribution in [0.4, 0.5) is 0 Å². The molecule has 0 fully saturated rings. The highest BCUT2D eigenvalue weighted by molar-refractivity contribution is 6.30. The minimum atomic E-state index is -0.950. The van der Waals surface area contributed by atoms with Crippen LogP contribution < -0.4 is 0 Å². The Hall–Kier alpha value is -1.59. The summed E-state index contributed by atoms with van der Waals surface area (Å²) < 4.78 is 0. The molecule has 0 radical (unpaired) electrons. The number of rotatable bonds is 6. The third-order valence-electron chi connectivity index (χ3n) is 3.14. The number of aliphatic carboxylic acids is 1. The second-order valence-corrected chi connectivity index (χ2v) is 5.23. The smallest absolute Gasteiger partial charge is 0.317 e. The Labute approximate surface area is 123 Å². The van der Waals surface area contributed by atoms with Gasteiger partial charge in [0.25, 0.3) is 0 Å². The zero-order chi connectivity index (χ0) is 15.3. The lowest BCUT2D eigenvalue weighted by Gasteiger charge is -2.27. The van der Waals surface area contributed by atoms with Gasteiger partial charge in [-0.15, -0.1) is 0 Å². The van der Waals surface area contributed by atoms with Crippen LogP contribution in [0.15, 0.2) is 24.3 Å². The number of hydrogen-bond acceptors (Lipinski definition) is 3. The monoisotopic (exact) mass is 298 g/mol. The fraction of sp³-hybridized carbons (Fsp3) is 0.429. The summed E-state index contributed by atoms with van der Waals surface area (Å²) in [4.78, 5) is 25.7. The highest BCUT2D eigenvalue weighted by atomic mass is 35.5. The largest absolute Gasteiger partial charge is 0.480 e. The van der Waals surface area contributed by atoms with Crippen molar-refractivity contribution in [3.05, 3.63) is 34.9 Å². The fourth-order valence-corrected chi connectivity index (χ4v) is 1.94. The quantitative estimate of drug-likeness (QED) is 0.871. The van der Waals surface area contributed by atoms with Gasteiger partial charge in [-0.1, -0.05) is 23.7 Å². The maximum atomic E-state index is 12.1. The van der Waals surface area contributed by atoms with Gasteiger partial charge in [-0.25, -0.2) is 0 Å². The minimum Gasteiger partial charge on any atom is -0.480 e. The summed E-state index contributed by atoms with van der Waals surface area (Å²) in [5, 5.41) is 9.32. The zero-order valence-corrected chi connectivity index (χ0v) is 12.6.